The van der Waals surface area contributed by atoms with Crippen LogP contribution in [-0.2, 0) is 0 Å². The Kier molecular flexibility index (Phi) is 6.49. The molecule has 4 heteroatoms. The predicted octanol–water partition coefficient (Wildman–Crippen LogP) is 4.70. The molecule has 184 valence electrons. The van der Waals surface area contributed by atoms with Gasteiger partial charge in [-0.15, -0.1) is 0 Å². The first-order chi connectivity index (χ1) is 17.6. The van der Waals surface area contributed by atoms with Crippen molar-refractivity contribution in [2.75, 3.05) is 14.2 Å². The lowest BCUT2D eigenvalue weighted by Gasteiger charge is -2.13. The van der Waals surface area contributed by atoms with Gasteiger partial charge in [0.25, 0.3) is 0 Å². The summed E-state index contributed by atoms with van der Waals surface area (Å²) < 4.78 is 13.8. The lowest BCUT2D eigenvalue weighted by atomic mass is 9.96. The monoisotopic (exact) mass is 505 g/mol. The smallest absolute Gasteiger partial charge is 0.219 e. The number of halogens is 1. The summed E-state index contributed by atoms with van der Waals surface area (Å²) in [5.41, 5.74) is 8.17. The number of methoxy groups -OCH3 is 2. The highest BCUT2D eigenvalue weighted by Crippen LogP contribution is 2.37. The molecule has 4 aromatic carbocycles. The van der Waals surface area contributed by atoms with Gasteiger partial charge >= 0.3 is 0 Å². The maximum atomic E-state index is 5.84. The number of benzene rings is 4. The van der Waals surface area contributed by atoms with Crippen LogP contribution in [0.3, 0.4) is 0 Å². The Bertz CT molecular complexity index is 1760. The Balaban J connectivity index is 0.00000280. The molecule has 0 bridgehead atoms. The van der Waals surface area contributed by atoms with E-state index in [9.17, 15) is 0 Å². The van der Waals surface area contributed by atoms with Gasteiger partial charge in [-0.05, 0) is 64.6 Å². The van der Waals surface area contributed by atoms with Crippen molar-refractivity contribution in [3.8, 4) is 33.8 Å². The van der Waals surface area contributed by atoms with E-state index in [4.69, 9.17) is 9.47 Å². The lowest BCUT2D eigenvalue weighted by molar-refractivity contribution is -0.509. The summed E-state index contributed by atoms with van der Waals surface area (Å²) in [6.45, 7) is 4.25. The van der Waals surface area contributed by atoms with Crippen LogP contribution in [0, 0.1) is 13.8 Å². The second-order valence-electron chi connectivity index (χ2n) is 9.32. The Labute approximate surface area is 223 Å². The van der Waals surface area contributed by atoms with Gasteiger partial charge in [0.1, 0.15) is 11.5 Å². The minimum atomic E-state index is 0. The maximum Gasteiger partial charge on any atom is 0.219 e. The van der Waals surface area contributed by atoms with Gasteiger partial charge in [-0.1, -0.05) is 60.7 Å². The summed E-state index contributed by atoms with van der Waals surface area (Å²) in [4.78, 5) is 0. The number of ether oxygens (including phenoxy) is 2. The highest BCUT2D eigenvalue weighted by atomic mass is 35.5. The number of aromatic nitrogens is 1. The molecule has 0 N–H and O–H groups in total. The van der Waals surface area contributed by atoms with Crippen molar-refractivity contribution in [3.63, 3.8) is 0 Å². The molecule has 0 radical (unpaired) electrons. The van der Waals surface area contributed by atoms with Gasteiger partial charge in [0.15, 0.2) is 12.4 Å². The van der Waals surface area contributed by atoms with Gasteiger partial charge in [0.05, 0.1) is 25.0 Å². The van der Waals surface area contributed by atoms with Gasteiger partial charge in [-0.25, -0.2) is 0 Å². The summed E-state index contributed by atoms with van der Waals surface area (Å²) in [5, 5.41) is 4.61. The number of aryl methyl sites for hydroxylation is 1. The van der Waals surface area contributed by atoms with Crippen molar-refractivity contribution < 1.29 is 26.3 Å². The number of rotatable bonds is 4. The van der Waals surface area contributed by atoms with E-state index in [1.54, 1.807) is 14.2 Å². The zero-order chi connectivity index (χ0) is 24.8. The molecule has 2 heterocycles. The van der Waals surface area contributed by atoms with Gasteiger partial charge in [-0.3, -0.25) is 0 Å². The average molecular weight is 506 g/mol. The molecular weight excluding hydrogens is 478 g/mol. The topological polar surface area (TPSA) is 22.6 Å². The predicted molar refractivity (Wildman–Crippen MR) is 148 cm³/mol. The van der Waals surface area contributed by atoms with Crippen LogP contribution in [0.2, 0.25) is 0 Å². The normalized spacial score (nSPS) is 11.0. The molecule has 0 atom stereocenters. The van der Waals surface area contributed by atoms with E-state index in [1.165, 1.54) is 33.0 Å². The van der Waals surface area contributed by atoms with E-state index >= 15 is 0 Å². The van der Waals surface area contributed by atoms with Crippen molar-refractivity contribution in [3.05, 3.63) is 108 Å². The van der Waals surface area contributed by atoms with Gasteiger partial charge in [-0.2, -0.15) is 4.40 Å². The molecule has 0 aliphatic rings. The zero-order valence-electron chi connectivity index (χ0n) is 21.4. The molecule has 37 heavy (non-hydrogen) atoms. The molecule has 0 saturated carbocycles. The largest absolute Gasteiger partial charge is 1.00 e. The third kappa shape index (κ3) is 4.16. The first kappa shape index (κ1) is 24.6. The summed E-state index contributed by atoms with van der Waals surface area (Å²) in [7, 11) is 3.49. The van der Waals surface area contributed by atoms with Crippen LogP contribution in [0.25, 0.3) is 49.3 Å². The minimum absolute atomic E-state index is 0. The summed E-state index contributed by atoms with van der Waals surface area (Å²) in [5.74, 6) is 1.81. The molecule has 0 spiro atoms. The molecule has 0 unspecified atom stereocenters. The molecular formula is C33H28ClNO2. The molecule has 0 aliphatic heterocycles. The summed E-state index contributed by atoms with van der Waals surface area (Å²) in [6.07, 6.45) is 4.29. The third-order valence-electron chi connectivity index (χ3n) is 7.27. The van der Waals surface area contributed by atoms with Crippen molar-refractivity contribution in [2.45, 2.75) is 13.8 Å². The van der Waals surface area contributed by atoms with Crippen molar-refractivity contribution in [1.82, 2.24) is 0 Å². The van der Waals surface area contributed by atoms with Crippen molar-refractivity contribution >= 4 is 27.1 Å². The molecule has 0 aliphatic carbocycles. The quantitative estimate of drug-likeness (QED) is 0.197. The zero-order valence-corrected chi connectivity index (χ0v) is 22.1. The Morgan fingerprint density at radius 3 is 2.05 bits per heavy atom. The van der Waals surface area contributed by atoms with E-state index in [0.29, 0.717) is 0 Å². The van der Waals surface area contributed by atoms with E-state index in [0.717, 1.165) is 38.9 Å². The van der Waals surface area contributed by atoms with Crippen LogP contribution in [0.5, 0.6) is 11.5 Å². The SMILES string of the molecule is COc1cc2cc[n+]3cc4c(OC)c(C)c(C)cc4cc3c2cc1-c1ccc(-c2ccccc2)cc1.[Cl-]. The number of fused-ring (bicyclic) bond motifs is 4. The molecule has 3 nitrogen and oxygen atoms in total. The summed E-state index contributed by atoms with van der Waals surface area (Å²) in [6, 6.07) is 30.2. The lowest BCUT2D eigenvalue weighted by Crippen LogP contribution is -3.00. The molecule has 0 fully saturated rings. The highest BCUT2D eigenvalue weighted by molar-refractivity contribution is 6.02. The second kappa shape index (κ2) is 9.76. The van der Waals surface area contributed by atoms with Crippen LogP contribution in [0.15, 0.2) is 97.3 Å². The van der Waals surface area contributed by atoms with Crippen LogP contribution in [0.1, 0.15) is 11.1 Å². The van der Waals surface area contributed by atoms with E-state index in [-0.39, 0.29) is 12.4 Å². The molecule has 2 aromatic heterocycles. The Hall–Kier alpha value is -4.08. The third-order valence-corrected chi connectivity index (χ3v) is 7.27. The number of hydrogen-bond acceptors (Lipinski definition) is 2. The van der Waals surface area contributed by atoms with Crippen LogP contribution in [0.4, 0.5) is 0 Å². The van der Waals surface area contributed by atoms with E-state index in [1.807, 2.05) is 6.07 Å². The van der Waals surface area contributed by atoms with Crippen LogP contribution >= 0.6 is 0 Å². The number of nitrogens with zero attached hydrogens (tertiary/aromatic N) is 1. The van der Waals surface area contributed by atoms with Crippen LogP contribution < -0.4 is 26.3 Å². The van der Waals surface area contributed by atoms with Gasteiger partial charge in [0, 0.05) is 17.7 Å². The number of hydrogen-bond donors (Lipinski definition) is 0. The van der Waals surface area contributed by atoms with Crippen molar-refractivity contribution in [2.24, 2.45) is 0 Å². The summed E-state index contributed by atoms with van der Waals surface area (Å²) >= 11 is 0. The maximum absolute atomic E-state index is 5.84. The fraction of sp³-hybridized carbons (Fsp3) is 0.121. The highest BCUT2D eigenvalue weighted by Gasteiger charge is 2.18. The molecule has 6 aromatic rings. The van der Waals surface area contributed by atoms with E-state index in [2.05, 4.69) is 110 Å². The molecule has 0 amide bonds. The second-order valence-corrected chi connectivity index (χ2v) is 9.32. The van der Waals surface area contributed by atoms with Crippen LogP contribution in [-0.4, -0.2) is 14.2 Å². The first-order valence-electron chi connectivity index (χ1n) is 12.2. The molecule has 0 saturated heterocycles. The Morgan fingerprint density at radius 2 is 1.35 bits per heavy atom. The average Bonchev–Trinajstić information content (AvgIpc) is 2.93. The fourth-order valence-corrected chi connectivity index (χ4v) is 5.20. The fourth-order valence-electron chi connectivity index (χ4n) is 5.20. The van der Waals surface area contributed by atoms with Gasteiger partial charge in [0.2, 0.25) is 5.52 Å². The Morgan fingerprint density at radius 1 is 0.649 bits per heavy atom. The minimum Gasteiger partial charge on any atom is -1.00 e. The molecule has 6 rings (SSSR count). The number of pyridine rings is 2. The first-order valence-corrected chi connectivity index (χ1v) is 12.2. The van der Waals surface area contributed by atoms with Crippen molar-refractivity contribution in [1.29, 1.82) is 0 Å². The standard InChI is InChI=1S/C33H28NO2.ClH/c1-21-16-27-17-31-28-19-29(25-12-10-24(11-13-25)23-8-6-5-7-9-23)32(35-3)18-26(28)14-15-34(31)20-30(27)33(36-4)22(21)2;/h5-20H,1-4H3;1H/q+1;/p-1. The van der Waals surface area contributed by atoms with E-state index < -0.39 is 0 Å². The van der Waals surface area contributed by atoms with Gasteiger partial charge < -0.3 is 21.9 Å².